The fraction of sp³-hybridized carbons (Fsp3) is 0.143. The number of rotatable bonds is 3. The Labute approximate surface area is 120 Å². The van der Waals surface area contributed by atoms with Gasteiger partial charge >= 0.3 is 5.63 Å². The Morgan fingerprint density at radius 3 is 2.81 bits per heavy atom. The number of fused-ring (bicyclic) bond motifs is 1. The molecule has 0 bridgehead atoms. The van der Waals surface area contributed by atoms with Crippen LogP contribution < -0.4 is 5.63 Å². The third-order valence-corrected chi connectivity index (χ3v) is 4.84. The van der Waals surface area contributed by atoms with Gasteiger partial charge in [-0.25, -0.2) is 22.2 Å². The van der Waals surface area contributed by atoms with Crippen LogP contribution >= 0.6 is 0 Å². The Hall–Kier alpha value is -2.41. The van der Waals surface area contributed by atoms with E-state index in [2.05, 4.69) is 4.98 Å². The molecule has 7 heteroatoms. The molecule has 0 radical (unpaired) electrons. The molecule has 0 N–H and O–H groups in total. The van der Waals surface area contributed by atoms with Crippen molar-refractivity contribution in [3.05, 3.63) is 59.0 Å². The fourth-order valence-corrected chi connectivity index (χ4v) is 3.52. The maximum atomic E-state index is 12.6. The number of benzene rings is 1. The highest BCUT2D eigenvalue weighted by molar-refractivity contribution is 7.90. The van der Waals surface area contributed by atoms with E-state index in [0.717, 1.165) is 3.97 Å². The first kappa shape index (κ1) is 13.6. The molecule has 1 aromatic carbocycles. The van der Waals surface area contributed by atoms with Crippen LogP contribution in [-0.2, 0) is 16.4 Å². The molecule has 0 aliphatic carbocycles. The van der Waals surface area contributed by atoms with Crippen LogP contribution in [0.3, 0.4) is 0 Å². The summed E-state index contributed by atoms with van der Waals surface area (Å²) in [5.41, 5.74) is -0.121. The van der Waals surface area contributed by atoms with Gasteiger partial charge in [0.2, 0.25) is 0 Å². The zero-order valence-corrected chi connectivity index (χ0v) is 12.0. The SMILES string of the molecule is CCc1nccn1S(=O)(=O)c1ccc2oc(=O)ccc2c1. The highest BCUT2D eigenvalue weighted by Gasteiger charge is 2.20. The van der Waals surface area contributed by atoms with Crippen molar-refractivity contribution < 1.29 is 12.8 Å². The molecule has 2 aromatic heterocycles. The molecule has 21 heavy (non-hydrogen) atoms. The molecule has 0 spiro atoms. The average Bonchev–Trinajstić information content (AvgIpc) is 2.95. The molecule has 0 saturated carbocycles. The predicted molar refractivity (Wildman–Crippen MR) is 76.7 cm³/mol. The zero-order valence-electron chi connectivity index (χ0n) is 11.2. The standard InChI is InChI=1S/C14H12N2O4S/c1-2-13-15-7-8-16(13)21(18,19)11-4-5-12-10(9-11)3-6-14(17)20-12/h3-9H,2H2,1H3. The van der Waals surface area contributed by atoms with E-state index in [1.54, 1.807) is 0 Å². The Bertz CT molecular complexity index is 970. The van der Waals surface area contributed by atoms with Crippen molar-refractivity contribution >= 4 is 21.0 Å². The number of hydrogen-bond acceptors (Lipinski definition) is 5. The van der Waals surface area contributed by atoms with Gasteiger partial charge in [0.25, 0.3) is 10.0 Å². The molecule has 6 nitrogen and oxygen atoms in total. The summed E-state index contributed by atoms with van der Waals surface area (Å²) < 4.78 is 31.4. The topological polar surface area (TPSA) is 82.2 Å². The van der Waals surface area contributed by atoms with E-state index in [4.69, 9.17) is 4.42 Å². The summed E-state index contributed by atoms with van der Waals surface area (Å²) in [5.74, 6) is 0.467. The van der Waals surface area contributed by atoms with Gasteiger partial charge in [0, 0.05) is 30.3 Å². The summed E-state index contributed by atoms with van der Waals surface area (Å²) in [6, 6.07) is 7.17. The maximum absolute atomic E-state index is 12.6. The second-order valence-corrected chi connectivity index (χ2v) is 6.27. The van der Waals surface area contributed by atoms with E-state index in [9.17, 15) is 13.2 Å². The van der Waals surface area contributed by atoms with Crippen molar-refractivity contribution in [1.82, 2.24) is 8.96 Å². The summed E-state index contributed by atoms with van der Waals surface area (Å²) >= 11 is 0. The van der Waals surface area contributed by atoms with Crippen molar-refractivity contribution in [1.29, 1.82) is 0 Å². The molecule has 0 fully saturated rings. The Balaban J connectivity index is 2.19. The van der Waals surface area contributed by atoms with Gasteiger partial charge in [-0.05, 0) is 24.3 Å². The molecule has 0 aliphatic heterocycles. The molecule has 0 amide bonds. The normalized spacial score (nSPS) is 11.9. The van der Waals surface area contributed by atoms with Gasteiger partial charge in [-0.1, -0.05) is 6.92 Å². The van der Waals surface area contributed by atoms with Gasteiger partial charge < -0.3 is 4.42 Å². The van der Waals surface area contributed by atoms with Crippen molar-refractivity contribution in [3.63, 3.8) is 0 Å². The molecule has 3 rings (SSSR count). The van der Waals surface area contributed by atoms with Gasteiger partial charge in [0.1, 0.15) is 11.4 Å². The number of hydrogen-bond donors (Lipinski definition) is 0. The summed E-state index contributed by atoms with van der Waals surface area (Å²) in [5, 5.41) is 0.550. The Kier molecular flexibility index (Phi) is 3.13. The van der Waals surface area contributed by atoms with Gasteiger partial charge in [-0.3, -0.25) is 0 Å². The maximum Gasteiger partial charge on any atom is 0.336 e. The number of aromatic nitrogens is 2. The summed E-state index contributed by atoms with van der Waals surface area (Å²) in [6.45, 7) is 1.84. The largest absolute Gasteiger partial charge is 0.423 e. The molecule has 108 valence electrons. The molecular formula is C14H12N2O4S. The average molecular weight is 304 g/mol. The third kappa shape index (κ3) is 2.25. The highest BCUT2D eigenvalue weighted by Crippen LogP contribution is 2.21. The van der Waals surface area contributed by atoms with Crippen molar-refractivity contribution in [2.45, 2.75) is 18.2 Å². The van der Waals surface area contributed by atoms with Crippen LogP contribution in [0.1, 0.15) is 12.7 Å². The number of nitrogens with zero attached hydrogens (tertiary/aromatic N) is 2. The Morgan fingerprint density at radius 2 is 2.05 bits per heavy atom. The van der Waals surface area contributed by atoms with Gasteiger partial charge in [0.15, 0.2) is 0 Å². The predicted octanol–water partition coefficient (Wildman–Crippen LogP) is 1.79. The van der Waals surface area contributed by atoms with E-state index in [-0.39, 0.29) is 4.90 Å². The minimum atomic E-state index is -3.71. The molecular weight excluding hydrogens is 292 g/mol. The van der Waals surface area contributed by atoms with Gasteiger partial charge in [-0.15, -0.1) is 0 Å². The van der Waals surface area contributed by atoms with E-state index >= 15 is 0 Å². The van der Waals surface area contributed by atoms with E-state index in [1.807, 2.05) is 6.92 Å². The highest BCUT2D eigenvalue weighted by atomic mass is 32.2. The lowest BCUT2D eigenvalue weighted by molar-refractivity contribution is 0.560. The van der Waals surface area contributed by atoms with Crippen LogP contribution in [0.4, 0.5) is 0 Å². The van der Waals surface area contributed by atoms with E-state index < -0.39 is 15.6 Å². The first-order valence-electron chi connectivity index (χ1n) is 6.34. The lowest BCUT2D eigenvalue weighted by Crippen LogP contribution is -2.15. The fourth-order valence-electron chi connectivity index (χ4n) is 2.11. The monoisotopic (exact) mass is 304 g/mol. The minimum Gasteiger partial charge on any atom is -0.423 e. The van der Waals surface area contributed by atoms with Gasteiger partial charge in [0.05, 0.1) is 4.90 Å². The quantitative estimate of drug-likeness (QED) is 0.689. The van der Waals surface area contributed by atoms with Crippen LogP contribution in [0, 0.1) is 0 Å². The molecule has 0 atom stereocenters. The molecule has 0 unspecified atom stereocenters. The van der Waals surface area contributed by atoms with E-state index in [1.165, 1.54) is 42.7 Å². The summed E-state index contributed by atoms with van der Waals surface area (Å²) in [6.07, 6.45) is 3.38. The second kappa shape index (κ2) is 4.85. The van der Waals surface area contributed by atoms with Crippen LogP contribution in [-0.4, -0.2) is 17.4 Å². The first-order valence-corrected chi connectivity index (χ1v) is 7.78. The lowest BCUT2D eigenvalue weighted by atomic mass is 10.2. The molecule has 0 saturated heterocycles. The van der Waals surface area contributed by atoms with Crippen LogP contribution in [0.2, 0.25) is 0 Å². The number of aryl methyl sites for hydroxylation is 1. The zero-order chi connectivity index (χ0) is 15.0. The first-order chi connectivity index (χ1) is 10.0. The second-order valence-electron chi connectivity index (χ2n) is 4.45. The summed E-state index contributed by atoms with van der Waals surface area (Å²) in [4.78, 5) is 15.3. The van der Waals surface area contributed by atoms with Crippen molar-refractivity contribution in [3.8, 4) is 0 Å². The number of imidazole rings is 1. The van der Waals surface area contributed by atoms with Gasteiger partial charge in [-0.2, -0.15) is 0 Å². The van der Waals surface area contributed by atoms with Crippen molar-refractivity contribution in [2.24, 2.45) is 0 Å². The molecule has 0 aliphatic rings. The molecule has 3 aromatic rings. The lowest BCUT2D eigenvalue weighted by Gasteiger charge is -2.08. The van der Waals surface area contributed by atoms with Crippen LogP contribution in [0.5, 0.6) is 0 Å². The van der Waals surface area contributed by atoms with Crippen LogP contribution in [0.25, 0.3) is 11.0 Å². The molecule has 2 heterocycles. The van der Waals surface area contributed by atoms with Crippen LogP contribution in [0.15, 0.2) is 56.8 Å². The van der Waals surface area contributed by atoms with Crippen molar-refractivity contribution in [2.75, 3.05) is 0 Å². The third-order valence-electron chi connectivity index (χ3n) is 3.14. The summed E-state index contributed by atoms with van der Waals surface area (Å²) in [7, 11) is -3.71. The Morgan fingerprint density at radius 1 is 1.24 bits per heavy atom. The minimum absolute atomic E-state index is 0.122. The van der Waals surface area contributed by atoms with E-state index in [0.29, 0.717) is 23.2 Å². The smallest absolute Gasteiger partial charge is 0.336 e.